The Morgan fingerprint density at radius 3 is 2.43 bits per heavy atom. The van der Waals surface area contributed by atoms with E-state index in [0.717, 1.165) is 17.3 Å². The van der Waals surface area contributed by atoms with Gasteiger partial charge in [-0.1, -0.05) is 67.2 Å². The maximum Gasteiger partial charge on any atom is 0.335 e. The maximum atomic E-state index is 14.1. The number of benzene rings is 3. The first kappa shape index (κ1) is 25.6. The van der Waals surface area contributed by atoms with E-state index in [9.17, 15) is 24.3 Å². The van der Waals surface area contributed by atoms with Crippen LogP contribution in [0.15, 0.2) is 90.0 Å². The Balaban J connectivity index is 1.74. The average Bonchev–Trinajstić information content (AvgIpc) is 2.91. The Kier molecular flexibility index (Phi) is 7.96. The molecular weight excluding hydrogens is 489 g/mol. The van der Waals surface area contributed by atoms with Crippen LogP contribution in [-0.4, -0.2) is 27.2 Å². The molecule has 1 amide bonds. The number of carbonyl (C=O) groups excluding carboxylic acids is 1. The van der Waals surface area contributed by atoms with E-state index < -0.39 is 17.0 Å². The summed E-state index contributed by atoms with van der Waals surface area (Å²) in [6.07, 6.45) is 0.423. The number of carboxylic acid groups (broad SMARTS) is 1. The number of carboxylic acids is 1. The van der Waals surface area contributed by atoms with Gasteiger partial charge in [0.15, 0.2) is 0 Å². The van der Waals surface area contributed by atoms with Gasteiger partial charge in [-0.25, -0.2) is 14.2 Å². The molecule has 0 aliphatic carbocycles. The molecule has 2 N–H and O–H groups in total. The number of nitrogens with zero attached hydrogens (tertiary/aromatic N) is 2. The molecule has 1 atom stereocenters. The molecule has 0 bridgehead atoms. The van der Waals surface area contributed by atoms with E-state index in [2.05, 4.69) is 11.4 Å². The van der Waals surface area contributed by atoms with Crippen molar-refractivity contribution in [2.45, 2.75) is 23.6 Å². The second kappa shape index (κ2) is 11.5. The number of halogens is 1. The van der Waals surface area contributed by atoms with Gasteiger partial charge in [-0.2, -0.15) is 5.26 Å². The summed E-state index contributed by atoms with van der Waals surface area (Å²) in [6.45, 7) is 1.84. The summed E-state index contributed by atoms with van der Waals surface area (Å²) in [7, 11) is 0. The fraction of sp³-hybridized carbons (Fsp3) is 0.103. The van der Waals surface area contributed by atoms with Gasteiger partial charge >= 0.3 is 5.97 Å². The van der Waals surface area contributed by atoms with E-state index in [1.807, 2.05) is 37.3 Å². The van der Waals surface area contributed by atoms with Crippen LogP contribution in [0.3, 0.4) is 0 Å². The first-order valence-corrected chi connectivity index (χ1v) is 12.3. The predicted molar refractivity (Wildman–Crippen MR) is 142 cm³/mol. The highest BCUT2D eigenvalue weighted by Gasteiger charge is 2.24. The van der Waals surface area contributed by atoms with Crippen molar-refractivity contribution in [1.29, 1.82) is 5.26 Å². The summed E-state index contributed by atoms with van der Waals surface area (Å²) in [5.41, 5.74) is 3.11. The minimum Gasteiger partial charge on any atom is -0.478 e. The van der Waals surface area contributed by atoms with Crippen molar-refractivity contribution in [3.8, 4) is 28.5 Å². The highest BCUT2D eigenvalue weighted by Crippen LogP contribution is 2.36. The minimum atomic E-state index is -1.09. The standard InChI is InChI=1S/C29H22FN3O3S/c1-2-26(27(34)32-22-13-7-11-20(15-22)29(35)36)37-28-24(17-31)23(19-10-6-12-21(30)14-19)16-25(33-28)18-8-4-3-5-9-18/h3-16,26H,2H2,1H3,(H,32,34)(H,35,36). The highest BCUT2D eigenvalue weighted by molar-refractivity contribution is 8.00. The Bertz CT molecular complexity index is 1500. The van der Waals surface area contributed by atoms with Crippen molar-refractivity contribution in [3.63, 3.8) is 0 Å². The maximum absolute atomic E-state index is 14.1. The Labute approximate surface area is 217 Å². The van der Waals surface area contributed by atoms with Crippen LogP contribution < -0.4 is 5.32 Å². The topological polar surface area (TPSA) is 103 Å². The van der Waals surface area contributed by atoms with Gasteiger partial charge in [-0.05, 0) is 48.4 Å². The van der Waals surface area contributed by atoms with Gasteiger partial charge in [0.25, 0.3) is 0 Å². The van der Waals surface area contributed by atoms with Gasteiger partial charge in [0.2, 0.25) is 5.91 Å². The molecule has 1 heterocycles. The molecule has 3 aromatic carbocycles. The zero-order valence-corrected chi connectivity index (χ0v) is 20.6. The molecular formula is C29H22FN3O3S. The van der Waals surface area contributed by atoms with E-state index in [1.165, 1.54) is 24.3 Å². The molecule has 184 valence electrons. The van der Waals surface area contributed by atoms with Gasteiger partial charge in [0.05, 0.1) is 22.1 Å². The van der Waals surface area contributed by atoms with Crippen molar-refractivity contribution in [1.82, 2.24) is 4.98 Å². The number of aromatic nitrogens is 1. The summed E-state index contributed by atoms with van der Waals surface area (Å²) < 4.78 is 14.1. The zero-order valence-electron chi connectivity index (χ0n) is 19.8. The molecule has 0 saturated heterocycles. The van der Waals surface area contributed by atoms with Gasteiger partial charge in [0.1, 0.15) is 16.9 Å². The number of anilines is 1. The van der Waals surface area contributed by atoms with Crippen molar-refractivity contribution in [2.75, 3.05) is 5.32 Å². The van der Waals surface area contributed by atoms with Crippen molar-refractivity contribution in [3.05, 3.63) is 102 Å². The number of nitrogens with one attached hydrogen (secondary N) is 1. The van der Waals surface area contributed by atoms with Crippen molar-refractivity contribution >= 4 is 29.3 Å². The van der Waals surface area contributed by atoms with E-state index in [0.29, 0.717) is 34.0 Å². The van der Waals surface area contributed by atoms with Crippen LogP contribution in [0.2, 0.25) is 0 Å². The molecule has 1 aromatic heterocycles. The van der Waals surface area contributed by atoms with Crippen LogP contribution in [0, 0.1) is 17.1 Å². The van der Waals surface area contributed by atoms with Crippen LogP contribution in [0.5, 0.6) is 0 Å². The molecule has 4 aromatic rings. The lowest BCUT2D eigenvalue weighted by atomic mass is 9.99. The largest absolute Gasteiger partial charge is 0.478 e. The molecule has 8 heteroatoms. The third-order valence-electron chi connectivity index (χ3n) is 5.60. The molecule has 0 fully saturated rings. The number of hydrogen-bond donors (Lipinski definition) is 2. The SMILES string of the molecule is CCC(Sc1nc(-c2ccccc2)cc(-c2cccc(F)c2)c1C#N)C(=O)Nc1cccc(C(=O)O)c1. The number of carbonyl (C=O) groups is 2. The number of thioether (sulfide) groups is 1. The van der Waals surface area contributed by atoms with Crippen LogP contribution in [0.25, 0.3) is 22.4 Å². The molecule has 0 aliphatic rings. The van der Waals surface area contributed by atoms with E-state index >= 15 is 0 Å². The molecule has 0 aliphatic heterocycles. The Hall–Kier alpha value is -4.48. The number of amides is 1. The first-order chi connectivity index (χ1) is 17.9. The monoisotopic (exact) mass is 511 g/mol. The molecule has 6 nitrogen and oxygen atoms in total. The summed E-state index contributed by atoms with van der Waals surface area (Å²) >= 11 is 1.14. The van der Waals surface area contributed by atoms with Gasteiger partial charge in [-0.15, -0.1) is 0 Å². The number of nitriles is 1. The lowest BCUT2D eigenvalue weighted by molar-refractivity contribution is -0.115. The third-order valence-corrected chi connectivity index (χ3v) is 6.95. The van der Waals surface area contributed by atoms with Crippen LogP contribution in [-0.2, 0) is 4.79 Å². The van der Waals surface area contributed by atoms with E-state index in [4.69, 9.17) is 4.98 Å². The predicted octanol–water partition coefficient (Wildman–Crippen LogP) is 6.63. The van der Waals surface area contributed by atoms with Gasteiger partial charge in [0, 0.05) is 16.8 Å². The van der Waals surface area contributed by atoms with Crippen LogP contribution >= 0.6 is 11.8 Å². The normalized spacial score (nSPS) is 11.4. The second-order valence-electron chi connectivity index (χ2n) is 8.11. The van der Waals surface area contributed by atoms with Crippen LogP contribution in [0.1, 0.15) is 29.3 Å². The fourth-order valence-electron chi connectivity index (χ4n) is 3.77. The average molecular weight is 512 g/mol. The quantitative estimate of drug-likeness (QED) is 0.257. The van der Waals surface area contributed by atoms with Crippen molar-refractivity contribution in [2.24, 2.45) is 0 Å². The lowest BCUT2D eigenvalue weighted by Gasteiger charge is -2.17. The Morgan fingerprint density at radius 2 is 1.76 bits per heavy atom. The molecule has 0 saturated carbocycles. The summed E-state index contributed by atoms with van der Waals surface area (Å²) in [6, 6.07) is 25.3. The first-order valence-electron chi connectivity index (χ1n) is 11.5. The summed E-state index contributed by atoms with van der Waals surface area (Å²) in [4.78, 5) is 29.1. The lowest BCUT2D eigenvalue weighted by Crippen LogP contribution is -2.25. The smallest absolute Gasteiger partial charge is 0.335 e. The molecule has 37 heavy (non-hydrogen) atoms. The number of pyridine rings is 1. The van der Waals surface area contributed by atoms with Crippen molar-refractivity contribution < 1.29 is 19.1 Å². The number of rotatable bonds is 8. The van der Waals surface area contributed by atoms with E-state index in [-0.39, 0.29) is 17.0 Å². The Morgan fingerprint density at radius 1 is 1.03 bits per heavy atom. The van der Waals surface area contributed by atoms with Gasteiger partial charge < -0.3 is 10.4 Å². The summed E-state index contributed by atoms with van der Waals surface area (Å²) in [5.74, 6) is -1.87. The van der Waals surface area contributed by atoms with E-state index in [1.54, 1.807) is 30.3 Å². The third kappa shape index (κ3) is 6.02. The van der Waals surface area contributed by atoms with Crippen LogP contribution in [0.4, 0.5) is 10.1 Å². The molecule has 4 rings (SSSR count). The second-order valence-corrected chi connectivity index (χ2v) is 9.30. The molecule has 0 radical (unpaired) electrons. The molecule has 0 spiro atoms. The molecule has 1 unspecified atom stereocenters. The number of aromatic carboxylic acids is 1. The fourth-order valence-corrected chi connectivity index (χ4v) is 4.79. The van der Waals surface area contributed by atoms with Gasteiger partial charge in [-0.3, -0.25) is 4.79 Å². The summed E-state index contributed by atoms with van der Waals surface area (Å²) in [5, 5.41) is 21.8. The highest BCUT2D eigenvalue weighted by atomic mass is 32.2. The number of hydrogen-bond acceptors (Lipinski definition) is 5. The minimum absolute atomic E-state index is 0.0576. The zero-order chi connectivity index (χ0) is 26.4.